The fraction of sp³-hybridized carbons (Fsp3) is 0.259. The Balaban J connectivity index is 1.54. The zero-order valence-electron chi connectivity index (χ0n) is 18.9. The van der Waals surface area contributed by atoms with Crippen molar-refractivity contribution in [2.75, 3.05) is 27.3 Å². The topological polar surface area (TPSA) is 67.9 Å². The summed E-state index contributed by atoms with van der Waals surface area (Å²) < 4.78 is 10.5. The van der Waals surface area contributed by atoms with Gasteiger partial charge in [0.25, 0.3) is 5.91 Å². The summed E-state index contributed by atoms with van der Waals surface area (Å²) in [6.07, 6.45) is 0. The Hall–Kier alpha value is -3.80. The first kappa shape index (κ1) is 22.4. The lowest BCUT2D eigenvalue weighted by atomic mass is 9.88. The highest BCUT2D eigenvalue weighted by atomic mass is 16.5. The van der Waals surface area contributed by atoms with Crippen LogP contribution in [0.5, 0.6) is 11.5 Å². The molecule has 2 atom stereocenters. The normalized spacial score (nSPS) is 17.5. The van der Waals surface area contributed by atoms with E-state index in [1.807, 2.05) is 54.6 Å². The van der Waals surface area contributed by atoms with E-state index in [4.69, 9.17) is 9.47 Å². The van der Waals surface area contributed by atoms with E-state index in [1.165, 1.54) is 0 Å². The van der Waals surface area contributed by atoms with Crippen LogP contribution in [0.15, 0.2) is 78.9 Å². The number of rotatable bonds is 7. The van der Waals surface area contributed by atoms with Crippen molar-refractivity contribution >= 4 is 11.8 Å². The molecular formula is C27H28N2O4. The number of likely N-dealkylation sites (tertiary alicyclic amines) is 1. The highest BCUT2D eigenvalue weighted by Crippen LogP contribution is 2.34. The average Bonchev–Trinajstić information content (AvgIpc) is 3.33. The van der Waals surface area contributed by atoms with Crippen molar-refractivity contribution in [3.63, 3.8) is 0 Å². The first-order chi connectivity index (χ1) is 16.1. The second-order valence-electron chi connectivity index (χ2n) is 8.13. The fourth-order valence-corrected chi connectivity index (χ4v) is 4.26. The van der Waals surface area contributed by atoms with Gasteiger partial charge in [-0.1, -0.05) is 42.5 Å². The Kier molecular flexibility index (Phi) is 6.93. The summed E-state index contributed by atoms with van der Waals surface area (Å²) >= 11 is 0. The standard InChI is InChI=1S/C27H28N2O4/c1-32-22-12-8-20(9-13-22)24-17-29(27(31)21-10-14-23(33-2)15-11-21)18-25(24)26(30)28-16-19-6-4-3-5-7-19/h3-15,24-25H,16-18H2,1-2H3,(H,28,30). The van der Waals surface area contributed by atoms with Gasteiger partial charge in [0.1, 0.15) is 11.5 Å². The predicted molar refractivity (Wildman–Crippen MR) is 126 cm³/mol. The first-order valence-electron chi connectivity index (χ1n) is 11.0. The predicted octanol–water partition coefficient (Wildman–Crippen LogP) is 3.88. The minimum atomic E-state index is -0.343. The maximum Gasteiger partial charge on any atom is 0.253 e. The van der Waals surface area contributed by atoms with Crippen LogP contribution in [0.2, 0.25) is 0 Å². The van der Waals surface area contributed by atoms with E-state index in [-0.39, 0.29) is 23.7 Å². The quantitative estimate of drug-likeness (QED) is 0.601. The highest BCUT2D eigenvalue weighted by molar-refractivity contribution is 5.95. The molecule has 170 valence electrons. The summed E-state index contributed by atoms with van der Waals surface area (Å²) in [6, 6.07) is 24.6. The highest BCUT2D eigenvalue weighted by Gasteiger charge is 2.40. The lowest BCUT2D eigenvalue weighted by Gasteiger charge is -2.18. The molecule has 0 bridgehead atoms. The van der Waals surface area contributed by atoms with Crippen LogP contribution in [0.4, 0.5) is 0 Å². The molecule has 1 aliphatic heterocycles. The van der Waals surface area contributed by atoms with E-state index < -0.39 is 0 Å². The number of benzene rings is 3. The Morgan fingerprint density at radius 3 is 2.06 bits per heavy atom. The minimum Gasteiger partial charge on any atom is -0.497 e. The van der Waals surface area contributed by atoms with E-state index in [2.05, 4.69) is 5.32 Å². The molecule has 3 aromatic carbocycles. The largest absolute Gasteiger partial charge is 0.497 e. The van der Waals surface area contributed by atoms with Crippen LogP contribution < -0.4 is 14.8 Å². The van der Waals surface area contributed by atoms with Gasteiger partial charge in [-0.15, -0.1) is 0 Å². The van der Waals surface area contributed by atoms with Crippen LogP contribution in [0, 0.1) is 5.92 Å². The second kappa shape index (κ2) is 10.2. The number of ether oxygens (including phenoxy) is 2. The maximum absolute atomic E-state index is 13.2. The molecule has 1 aliphatic rings. The molecule has 1 fully saturated rings. The average molecular weight is 445 g/mol. The third-order valence-electron chi connectivity index (χ3n) is 6.13. The Morgan fingerprint density at radius 2 is 1.45 bits per heavy atom. The first-order valence-corrected chi connectivity index (χ1v) is 11.0. The molecule has 33 heavy (non-hydrogen) atoms. The number of hydrogen-bond acceptors (Lipinski definition) is 4. The molecule has 0 radical (unpaired) electrons. The number of methoxy groups -OCH3 is 2. The van der Waals surface area contributed by atoms with Gasteiger partial charge in [0.2, 0.25) is 5.91 Å². The van der Waals surface area contributed by atoms with Crippen LogP contribution >= 0.6 is 0 Å². The van der Waals surface area contributed by atoms with Crippen LogP contribution in [-0.4, -0.2) is 44.0 Å². The molecule has 6 heteroatoms. The molecule has 0 aliphatic carbocycles. The number of carbonyl (C=O) groups excluding carboxylic acids is 2. The molecule has 2 amide bonds. The molecule has 1 N–H and O–H groups in total. The summed E-state index contributed by atoms with van der Waals surface area (Å²) in [7, 11) is 3.22. The van der Waals surface area contributed by atoms with E-state index in [1.54, 1.807) is 43.4 Å². The molecule has 1 saturated heterocycles. The third-order valence-corrected chi connectivity index (χ3v) is 6.13. The monoisotopic (exact) mass is 444 g/mol. The van der Waals surface area contributed by atoms with Gasteiger partial charge in [-0.25, -0.2) is 0 Å². The molecule has 1 heterocycles. The summed E-state index contributed by atoms with van der Waals surface area (Å²) in [5.74, 6) is 0.868. The van der Waals surface area contributed by atoms with Crippen molar-refractivity contribution in [1.82, 2.24) is 10.2 Å². The Labute approximate surface area is 194 Å². The van der Waals surface area contributed by atoms with Gasteiger partial charge in [0.05, 0.1) is 20.1 Å². The molecule has 0 saturated carbocycles. The van der Waals surface area contributed by atoms with E-state index in [9.17, 15) is 9.59 Å². The van der Waals surface area contributed by atoms with E-state index >= 15 is 0 Å². The minimum absolute atomic E-state index is 0.0512. The van der Waals surface area contributed by atoms with Crippen molar-refractivity contribution in [2.45, 2.75) is 12.5 Å². The molecule has 6 nitrogen and oxygen atoms in total. The summed E-state index contributed by atoms with van der Waals surface area (Å²) in [5, 5.41) is 3.06. The number of nitrogens with zero attached hydrogens (tertiary/aromatic N) is 1. The summed E-state index contributed by atoms with van der Waals surface area (Å²) in [5.41, 5.74) is 2.63. The van der Waals surface area contributed by atoms with Gasteiger partial charge in [-0.3, -0.25) is 9.59 Å². The van der Waals surface area contributed by atoms with Gasteiger partial charge in [0.15, 0.2) is 0 Å². The van der Waals surface area contributed by atoms with Gasteiger partial charge in [-0.05, 0) is 47.5 Å². The fourth-order valence-electron chi connectivity index (χ4n) is 4.26. The van der Waals surface area contributed by atoms with Crippen molar-refractivity contribution in [3.8, 4) is 11.5 Å². The molecule has 0 aromatic heterocycles. The van der Waals surface area contributed by atoms with E-state index in [0.717, 1.165) is 16.9 Å². The van der Waals surface area contributed by atoms with Crippen molar-refractivity contribution in [1.29, 1.82) is 0 Å². The van der Waals surface area contributed by atoms with Crippen LogP contribution in [0.1, 0.15) is 27.4 Å². The molecule has 3 aromatic rings. The molecular weight excluding hydrogens is 416 g/mol. The number of amides is 2. The molecule has 2 unspecified atom stereocenters. The zero-order valence-corrected chi connectivity index (χ0v) is 18.9. The smallest absolute Gasteiger partial charge is 0.253 e. The van der Waals surface area contributed by atoms with Gasteiger partial charge >= 0.3 is 0 Å². The third kappa shape index (κ3) is 5.17. The van der Waals surface area contributed by atoms with Crippen molar-refractivity contribution in [3.05, 3.63) is 95.6 Å². The Bertz CT molecular complexity index is 1080. The lowest BCUT2D eigenvalue weighted by molar-refractivity contribution is -0.125. The van der Waals surface area contributed by atoms with Crippen LogP contribution in [0.25, 0.3) is 0 Å². The van der Waals surface area contributed by atoms with Crippen molar-refractivity contribution < 1.29 is 19.1 Å². The number of hydrogen-bond donors (Lipinski definition) is 1. The molecule has 0 spiro atoms. The zero-order chi connectivity index (χ0) is 23.2. The van der Waals surface area contributed by atoms with Crippen LogP contribution in [-0.2, 0) is 11.3 Å². The van der Waals surface area contributed by atoms with Gasteiger partial charge in [0, 0.05) is 31.1 Å². The van der Waals surface area contributed by atoms with Gasteiger partial charge in [-0.2, -0.15) is 0 Å². The van der Waals surface area contributed by atoms with E-state index in [0.29, 0.717) is 30.9 Å². The second-order valence-corrected chi connectivity index (χ2v) is 8.13. The Morgan fingerprint density at radius 1 is 0.848 bits per heavy atom. The SMILES string of the molecule is COc1ccc(C(=O)N2CC(C(=O)NCc3ccccc3)C(c3ccc(OC)cc3)C2)cc1. The number of carbonyl (C=O) groups is 2. The summed E-state index contributed by atoms with van der Waals surface area (Å²) in [4.78, 5) is 28.2. The maximum atomic E-state index is 13.2. The molecule has 4 rings (SSSR count). The van der Waals surface area contributed by atoms with Crippen molar-refractivity contribution in [2.24, 2.45) is 5.92 Å². The van der Waals surface area contributed by atoms with Gasteiger partial charge < -0.3 is 19.7 Å². The summed E-state index contributed by atoms with van der Waals surface area (Å²) in [6.45, 7) is 1.29. The lowest BCUT2D eigenvalue weighted by Crippen LogP contribution is -2.35. The number of nitrogens with one attached hydrogen (secondary N) is 1. The van der Waals surface area contributed by atoms with Crippen LogP contribution in [0.3, 0.4) is 0 Å².